The van der Waals surface area contributed by atoms with Crippen LogP contribution in [-0.2, 0) is 11.3 Å². The van der Waals surface area contributed by atoms with E-state index in [4.69, 9.17) is 9.72 Å². The molecular formula is C21H27FN4O2. The SMILES string of the molecule is CCN(C)c1nc(N2CCOCC2)cc(C)c1C(=O)NCc1ccc(F)cc1. The summed E-state index contributed by atoms with van der Waals surface area (Å²) in [6, 6.07) is 8.08. The number of benzene rings is 1. The fourth-order valence-electron chi connectivity index (χ4n) is 3.17. The zero-order chi connectivity index (χ0) is 20.1. The van der Waals surface area contributed by atoms with Crippen molar-refractivity contribution in [3.8, 4) is 0 Å². The van der Waals surface area contributed by atoms with Gasteiger partial charge in [-0.25, -0.2) is 9.37 Å². The van der Waals surface area contributed by atoms with E-state index in [0.717, 1.165) is 36.6 Å². The molecule has 6 nitrogen and oxygen atoms in total. The predicted octanol–water partition coefficient (Wildman–Crippen LogP) is 2.75. The van der Waals surface area contributed by atoms with E-state index in [1.54, 1.807) is 12.1 Å². The number of hydrogen-bond donors (Lipinski definition) is 1. The first-order valence-corrected chi connectivity index (χ1v) is 9.57. The van der Waals surface area contributed by atoms with E-state index in [2.05, 4.69) is 10.2 Å². The van der Waals surface area contributed by atoms with E-state index in [9.17, 15) is 9.18 Å². The van der Waals surface area contributed by atoms with Crippen molar-refractivity contribution in [2.75, 3.05) is 49.7 Å². The topological polar surface area (TPSA) is 57.7 Å². The van der Waals surface area contributed by atoms with E-state index in [1.807, 2.05) is 31.9 Å². The van der Waals surface area contributed by atoms with E-state index < -0.39 is 0 Å². The second-order valence-electron chi connectivity index (χ2n) is 6.92. The molecule has 28 heavy (non-hydrogen) atoms. The summed E-state index contributed by atoms with van der Waals surface area (Å²) in [5, 5.41) is 2.93. The van der Waals surface area contributed by atoms with Gasteiger partial charge in [0.05, 0.1) is 18.8 Å². The first kappa shape index (κ1) is 20.1. The Morgan fingerprint density at radius 3 is 2.61 bits per heavy atom. The van der Waals surface area contributed by atoms with Crippen molar-refractivity contribution in [2.24, 2.45) is 0 Å². The summed E-state index contributed by atoms with van der Waals surface area (Å²) in [6.07, 6.45) is 0. The molecule has 0 unspecified atom stereocenters. The van der Waals surface area contributed by atoms with Gasteiger partial charge in [0.15, 0.2) is 0 Å². The van der Waals surface area contributed by atoms with Gasteiger partial charge in [0.2, 0.25) is 0 Å². The molecule has 1 amide bonds. The normalized spacial score (nSPS) is 14.1. The molecule has 1 saturated heterocycles. The molecule has 0 spiro atoms. The number of nitrogens with one attached hydrogen (secondary N) is 1. The third kappa shape index (κ3) is 4.59. The lowest BCUT2D eigenvalue weighted by atomic mass is 10.1. The molecule has 7 heteroatoms. The number of nitrogens with zero attached hydrogens (tertiary/aromatic N) is 3. The number of carbonyl (C=O) groups is 1. The quantitative estimate of drug-likeness (QED) is 0.827. The monoisotopic (exact) mass is 386 g/mol. The van der Waals surface area contributed by atoms with Gasteiger partial charge in [-0.05, 0) is 43.2 Å². The first-order valence-electron chi connectivity index (χ1n) is 9.57. The maximum atomic E-state index is 13.1. The van der Waals surface area contributed by atoms with Crippen LogP contribution in [0.1, 0.15) is 28.4 Å². The lowest BCUT2D eigenvalue weighted by molar-refractivity contribution is 0.0950. The van der Waals surface area contributed by atoms with Crippen LogP contribution < -0.4 is 15.1 Å². The van der Waals surface area contributed by atoms with Gasteiger partial charge in [0.25, 0.3) is 5.91 Å². The summed E-state index contributed by atoms with van der Waals surface area (Å²) >= 11 is 0. The van der Waals surface area contributed by atoms with Gasteiger partial charge in [-0.3, -0.25) is 4.79 Å². The van der Waals surface area contributed by atoms with Gasteiger partial charge < -0.3 is 19.9 Å². The van der Waals surface area contributed by atoms with E-state index in [1.165, 1.54) is 12.1 Å². The van der Waals surface area contributed by atoms with E-state index in [0.29, 0.717) is 31.1 Å². The molecule has 1 N–H and O–H groups in total. The molecule has 1 aliphatic rings. The smallest absolute Gasteiger partial charge is 0.255 e. The molecule has 0 aliphatic carbocycles. The number of rotatable bonds is 6. The average molecular weight is 386 g/mol. The van der Waals surface area contributed by atoms with Crippen LogP contribution in [0, 0.1) is 12.7 Å². The van der Waals surface area contributed by atoms with Crippen LogP contribution in [0.5, 0.6) is 0 Å². The van der Waals surface area contributed by atoms with Crippen molar-refractivity contribution < 1.29 is 13.9 Å². The highest BCUT2D eigenvalue weighted by Gasteiger charge is 2.22. The van der Waals surface area contributed by atoms with Crippen LogP contribution in [0.4, 0.5) is 16.0 Å². The number of aromatic nitrogens is 1. The summed E-state index contributed by atoms with van der Waals surface area (Å²) in [5.41, 5.74) is 2.29. The summed E-state index contributed by atoms with van der Waals surface area (Å²) in [5.74, 6) is 1.06. The number of carbonyl (C=O) groups excluding carboxylic acids is 1. The highest BCUT2D eigenvalue weighted by molar-refractivity contribution is 6.00. The number of anilines is 2. The Kier molecular flexibility index (Phi) is 6.46. The zero-order valence-electron chi connectivity index (χ0n) is 16.7. The minimum Gasteiger partial charge on any atom is -0.378 e. The molecule has 0 radical (unpaired) electrons. The Balaban J connectivity index is 1.85. The summed E-state index contributed by atoms with van der Waals surface area (Å²) in [7, 11) is 1.93. The van der Waals surface area contributed by atoms with Crippen LogP contribution in [0.2, 0.25) is 0 Å². The fraction of sp³-hybridized carbons (Fsp3) is 0.429. The molecule has 1 aliphatic heterocycles. The Morgan fingerprint density at radius 2 is 1.96 bits per heavy atom. The minimum absolute atomic E-state index is 0.182. The third-order valence-corrected chi connectivity index (χ3v) is 4.95. The largest absolute Gasteiger partial charge is 0.378 e. The Morgan fingerprint density at radius 1 is 1.29 bits per heavy atom. The van der Waals surface area contributed by atoms with Crippen LogP contribution in [-0.4, -0.2) is 50.8 Å². The minimum atomic E-state index is -0.291. The van der Waals surface area contributed by atoms with E-state index in [-0.39, 0.29) is 11.7 Å². The van der Waals surface area contributed by atoms with Crippen molar-refractivity contribution in [3.05, 3.63) is 52.8 Å². The lowest BCUT2D eigenvalue weighted by Crippen LogP contribution is -2.37. The molecule has 1 aromatic heterocycles. The summed E-state index contributed by atoms with van der Waals surface area (Å²) in [6.45, 7) is 7.97. The average Bonchev–Trinajstić information content (AvgIpc) is 2.72. The second-order valence-corrected chi connectivity index (χ2v) is 6.92. The molecule has 3 rings (SSSR count). The highest BCUT2D eigenvalue weighted by Crippen LogP contribution is 2.26. The second kappa shape index (κ2) is 9.01. The maximum Gasteiger partial charge on any atom is 0.255 e. The number of morpholine rings is 1. The lowest BCUT2D eigenvalue weighted by Gasteiger charge is -2.30. The molecule has 2 aromatic rings. The molecule has 150 valence electrons. The van der Waals surface area contributed by atoms with Crippen molar-refractivity contribution in [2.45, 2.75) is 20.4 Å². The summed E-state index contributed by atoms with van der Waals surface area (Å²) in [4.78, 5) is 21.9. The van der Waals surface area contributed by atoms with Gasteiger partial charge in [0, 0.05) is 33.2 Å². The molecule has 1 fully saturated rings. The van der Waals surface area contributed by atoms with E-state index >= 15 is 0 Å². The summed E-state index contributed by atoms with van der Waals surface area (Å²) < 4.78 is 18.5. The molecule has 1 aromatic carbocycles. The molecule has 0 bridgehead atoms. The Hall–Kier alpha value is -2.67. The van der Waals surface area contributed by atoms with Crippen molar-refractivity contribution in [1.82, 2.24) is 10.3 Å². The first-order chi connectivity index (χ1) is 13.5. The van der Waals surface area contributed by atoms with Crippen molar-refractivity contribution in [1.29, 1.82) is 0 Å². The van der Waals surface area contributed by atoms with Crippen molar-refractivity contribution >= 4 is 17.5 Å². The van der Waals surface area contributed by atoms with Crippen LogP contribution in [0.25, 0.3) is 0 Å². The van der Waals surface area contributed by atoms with Crippen molar-refractivity contribution in [3.63, 3.8) is 0 Å². The van der Waals surface area contributed by atoms with Gasteiger partial charge in [-0.1, -0.05) is 12.1 Å². The molecule has 0 saturated carbocycles. The Bertz CT molecular complexity index is 820. The maximum absolute atomic E-state index is 13.1. The molecule has 0 atom stereocenters. The Labute approximate surface area is 165 Å². The number of ether oxygens (including phenoxy) is 1. The number of hydrogen-bond acceptors (Lipinski definition) is 5. The fourth-order valence-corrected chi connectivity index (χ4v) is 3.17. The molecule has 2 heterocycles. The number of pyridine rings is 1. The van der Waals surface area contributed by atoms with Gasteiger partial charge in [-0.2, -0.15) is 0 Å². The highest BCUT2D eigenvalue weighted by atomic mass is 19.1. The van der Waals surface area contributed by atoms with Crippen LogP contribution in [0.15, 0.2) is 30.3 Å². The van der Waals surface area contributed by atoms with Crippen LogP contribution in [0.3, 0.4) is 0 Å². The van der Waals surface area contributed by atoms with Crippen LogP contribution >= 0.6 is 0 Å². The third-order valence-electron chi connectivity index (χ3n) is 4.95. The zero-order valence-corrected chi connectivity index (χ0v) is 16.7. The standard InChI is InChI=1S/C21H27FN4O2/c1-4-25(3)20-19(21(27)23-14-16-5-7-17(22)8-6-16)15(2)13-18(24-20)26-9-11-28-12-10-26/h5-8,13H,4,9-12,14H2,1-3H3,(H,23,27). The predicted molar refractivity (Wildman–Crippen MR) is 109 cm³/mol. The number of amides is 1. The number of halogens is 1. The number of aryl methyl sites for hydroxylation is 1. The van der Waals surface area contributed by atoms with Gasteiger partial charge in [-0.15, -0.1) is 0 Å². The molecular weight excluding hydrogens is 359 g/mol. The van der Waals surface area contributed by atoms with Gasteiger partial charge >= 0.3 is 0 Å². The van der Waals surface area contributed by atoms with Gasteiger partial charge in [0.1, 0.15) is 17.5 Å².